The van der Waals surface area contributed by atoms with Gasteiger partial charge in [0.15, 0.2) is 0 Å². The Labute approximate surface area is 122 Å². The van der Waals surface area contributed by atoms with Gasteiger partial charge in [-0.3, -0.25) is 0 Å². The van der Waals surface area contributed by atoms with E-state index in [4.69, 9.17) is 17.7 Å². The van der Waals surface area contributed by atoms with E-state index in [2.05, 4.69) is 13.2 Å². The Kier molecular flexibility index (Phi) is 15.7. The lowest BCUT2D eigenvalue weighted by atomic mass is 10.5. The van der Waals surface area contributed by atoms with Gasteiger partial charge in [0.1, 0.15) is 0 Å². The van der Waals surface area contributed by atoms with Crippen molar-refractivity contribution in [2.45, 2.75) is 40.7 Å². The Hall–Kier alpha value is -0.246. The van der Waals surface area contributed by atoms with E-state index in [1.165, 1.54) is 0 Å². The van der Waals surface area contributed by atoms with Gasteiger partial charge in [0.05, 0.1) is 0 Å². The molecule has 0 unspecified atom stereocenters. The minimum Gasteiger partial charge on any atom is -0.410 e. The Bertz CT molecular complexity index is 206. The third-order valence-electron chi connectivity index (χ3n) is 1.67. The van der Waals surface area contributed by atoms with Crippen LogP contribution < -0.4 is 0 Å². The van der Waals surface area contributed by atoms with E-state index in [1.807, 2.05) is 34.6 Å². The average Bonchev–Trinajstić information content (AvgIpc) is 2.38. The largest absolute Gasteiger partial charge is 0.528 e. The summed E-state index contributed by atoms with van der Waals surface area (Å²) in [6, 6.07) is 0. The molecule has 0 aliphatic heterocycles. The predicted octanol–water partition coefficient (Wildman–Crippen LogP) is 2.93. The smallest absolute Gasteiger partial charge is 0.410 e. The van der Waals surface area contributed by atoms with Crippen molar-refractivity contribution in [2.75, 3.05) is 19.8 Å². The molecule has 0 aromatic rings. The summed E-state index contributed by atoms with van der Waals surface area (Å²) < 4.78 is 21.4. The number of hydrogen-bond donors (Lipinski definition) is 0. The molecule has 0 aromatic carbocycles. The lowest BCUT2D eigenvalue weighted by Gasteiger charge is -2.24. The zero-order valence-corrected chi connectivity index (χ0v) is 14.9. The molecule has 0 heterocycles. The Morgan fingerprint density at radius 1 is 1.00 bits per heavy atom. The van der Waals surface area contributed by atoms with Crippen molar-refractivity contribution in [2.24, 2.45) is 0 Å². The van der Waals surface area contributed by atoms with Crippen molar-refractivity contribution in [1.29, 1.82) is 0 Å². The van der Waals surface area contributed by atoms with Gasteiger partial charge in [0, 0.05) is 25.9 Å². The molecule has 0 aliphatic rings. The van der Waals surface area contributed by atoms with Crippen LogP contribution in [0, 0.1) is 0 Å². The number of hydrogen-bond acceptors (Lipinski definition) is 4. The van der Waals surface area contributed by atoms with Crippen LogP contribution in [-0.2, 0) is 17.7 Å². The molecule has 0 amide bonds. The minimum absolute atomic E-state index is 0.344. The molecule has 0 aliphatic carbocycles. The summed E-state index contributed by atoms with van der Waals surface area (Å²) in [7, 11) is -2.05. The number of rotatable bonds is 10. The summed E-state index contributed by atoms with van der Waals surface area (Å²) in [5.41, 5.74) is 3.45. The van der Waals surface area contributed by atoms with E-state index >= 15 is 0 Å². The molecule has 0 atom stereocenters. The maximum Gasteiger partial charge on any atom is 0.528 e. The molecule has 0 rings (SSSR count). The molecule has 6 heteroatoms. The molecular weight excluding hydrogens is 276 g/mol. The van der Waals surface area contributed by atoms with E-state index in [9.17, 15) is 0 Å². The normalized spacial score (nSPS) is 10.8. The maximum absolute atomic E-state index is 5.44. The molecule has 112 valence electrons. The molecule has 0 fully saturated rings. The zero-order valence-electron chi connectivity index (χ0n) is 12.9. The van der Waals surface area contributed by atoms with Crippen LogP contribution in [0.1, 0.15) is 34.6 Å². The summed E-state index contributed by atoms with van der Waals surface area (Å²) in [6.45, 7) is 18.8. The molecule has 0 saturated heterocycles. The molecule has 0 aromatic heterocycles. The fourth-order valence-electron chi connectivity index (χ4n) is 1.09. The van der Waals surface area contributed by atoms with Gasteiger partial charge in [0.25, 0.3) is 9.76 Å². The van der Waals surface area contributed by atoms with Gasteiger partial charge in [-0.05, 0) is 40.3 Å². The van der Waals surface area contributed by atoms with Gasteiger partial charge in [-0.1, -0.05) is 12.3 Å². The van der Waals surface area contributed by atoms with E-state index in [1.54, 1.807) is 11.4 Å². The summed E-state index contributed by atoms with van der Waals surface area (Å²) >= 11 is 0. The zero-order chi connectivity index (χ0) is 15.1. The van der Waals surface area contributed by atoms with Crippen molar-refractivity contribution >= 4 is 18.6 Å². The second kappa shape index (κ2) is 14.2. The van der Waals surface area contributed by atoms with Crippen molar-refractivity contribution in [3.8, 4) is 0 Å². The Morgan fingerprint density at radius 3 is 1.58 bits per heavy atom. The highest BCUT2D eigenvalue weighted by molar-refractivity contribution is 6.66. The van der Waals surface area contributed by atoms with Crippen LogP contribution >= 0.6 is 0 Å². The first-order valence-corrected chi connectivity index (χ1v) is 9.38. The van der Waals surface area contributed by atoms with Crippen molar-refractivity contribution < 1.29 is 17.7 Å². The summed E-state index contributed by atoms with van der Waals surface area (Å²) in [4.78, 5) is 0. The van der Waals surface area contributed by atoms with Crippen LogP contribution in [-0.4, -0.2) is 44.5 Å². The third kappa shape index (κ3) is 12.5. The van der Waals surface area contributed by atoms with Gasteiger partial charge in [0.2, 0.25) is 0 Å². The second-order valence-electron chi connectivity index (χ2n) is 3.60. The predicted molar refractivity (Wildman–Crippen MR) is 83.0 cm³/mol. The minimum atomic E-state index is -2.51. The van der Waals surface area contributed by atoms with Gasteiger partial charge >= 0.3 is 8.80 Å². The average molecular weight is 305 g/mol. The maximum atomic E-state index is 5.44. The summed E-state index contributed by atoms with van der Waals surface area (Å²) in [6.07, 6.45) is 0.344. The van der Waals surface area contributed by atoms with Crippen LogP contribution in [0.5, 0.6) is 0 Å². The first-order chi connectivity index (χ1) is 9.01. The van der Waals surface area contributed by atoms with Crippen LogP contribution in [0.2, 0.25) is 0 Å². The van der Waals surface area contributed by atoms with Gasteiger partial charge in [-0.2, -0.15) is 0 Å². The first kappa shape index (κ1) is 21.1. The van der Waals surface area contributed by atoms with Crippen LogP contribution in [0.3, 0.4) is 0 Å². The van der Waals surface area contributed by atoms with E-state index < -0.39 is 8.80 Å². The quantitative estimate of drug-likeness (QED) is 0.582. The molecule has 19 heavy (non-hydrogen) atoms. The second-order valence-corrected chi connectivity index (χ2v) is 6.96. The van der Waals surface area contributed by atoms with Gasteiger partial charge in [-0.15, -0.1) is 6.58 Å². The van der Waals surface area contributed by atoms with E-state index in [0.29, 0.717) is 35.7 Å². The molecule has 2 radical (unpaired) electrons. The third-order valence-corrected chi connectivity index (χ3v) is 5.02. The highest BCUT2D eigenvalue weighted by atomic mass is 28.4. The molecule has 0 N–H and O–H groups in total. The molecule has 4 nitrogen and oxygen atoms in total. The van der Waals surface area contributed by atoms with Crippen molar-refractivity contribution in [1.82, 2.24) is 0 Å². The first-order valence-electron chi connectivity index (χ1n) is 6.59. The fourth-order valence-corrected chi connectivity index (χ4v) is 3.27. The topological polar surface area (TPSA) is 36.9 Å². The monoisotopic (exact) mass is 304 g/mol. The SMILES string of the molecule is C=C[Si](OCC)(OCC)OCC.C=C[Si]OC(C)C. The Balaban J connectivity index is 0. The molecular formula is C13H28O4Si2. The van der Waals surface area contributed by atoms with Crippen LogP contribution in [0.15, 0.2) is 24.6 Å². The Morgan fingerprint density at radius 2 is 1.42 bits per heavy atom. The van der Waals surface area contributed by atoms with Gasteiger partial charge < -0.3 is 17.7 Å². The molecule has 0 bridgehead atoms. The van der Waals surface area contributed by atoms with Crippen LogP contribution in [0.4, 0.5) is 0 Å². The summed E-state index contributed by atoms with van der Waals surface area (Å²) in [5, 5.41) is 0. The standard InChI is InChI=1S/C8H18O3Si.C5H10OSi/c1-5-9-12(8-4,10-6-2)11-7-3;1-4-7-6-5(2)3/h8H,4-7H2,1-3H3;4-5H,1H2,2-3H3. The van der Waals surface area contributed by atoms with Crippen molar-refractivity contribution in [3.63, 3.8) is 0 Å². The fraction of sp³-hybridized carbons (Fsp3) is 0.692. The lowest BCUT2D eigenvalue weighted by molar-refractivity contribution is 0.0844. The van der Waals surface area contributed by atoms with Gasteiger partial charge in [-0.25, -0.2) is 0 Å². The highest BCUT2D eigenvalue weighted by Gasteiger charge is 2.36. The molecule has 0 spiro atoms. The van der Waals surface area contributed by atoms with Crippen LogP contribution in [0.25, 0.3) is 0 Å². The van der Waals surface area contributed by atoms with E-state index in [-0.39, 0.29) is 0 Å². The lowest BCUT2D eigenvalue weighted by Crippen LogP contribution is -2.44. The summed E-state index contributed by atoms with van der Waals surface area (Å²) in [5.74, 6) is 0. The van der Waals surface area contributed by atoms with E-state index in [0.717, 1.165) is 0 Å². The highest BCUT2D eigenvalue weighted by Crippen LogP contribution is 2.10. The van der Waals surface area contributed by atoms with Crippen molar-refractivity contribution in [3.05, 3.63) is 24.6 Å². The molecule has 0 saturated carbocycles.